The summed E-state index contributed by atoms with van der Waals surface area (Å²) in [6, 6.07) is 4.23. The summed E-state index contributed by atoms with van der Waals surface area (Å²) in [6.07, 6.45) is 8.37. The lowest BCUT2D eigenvalue weighted by Gasteiger charge is -2.20. The first-order valence-corrected chi connectivity index (χ1v) is 7.47. The fourth-order valence-corrected chi connectivity index (χ4v) is 2.31. The lowest BCUT2D eigenvalue weighted by Crippen LogP contribution is -2.23. The second kappa shape index (κ2) is 7.74. The van der Waals surface area contributed by atoms with Crippen LogP contribution in [0.3, 0.4) is 0 Å². The van der Waals surface area contributed by atoms with E-state index in [1.165, 1.54) is 11.1 Å². The van der Waals surface area contributed by atoms with Crippen LogP contribution in [0.4, 0.5) is 0 Å². The van der Waals surface area contributed by atoms with E-state index in [9.17, 15) is 0 Å². The van der Waals surface area contributed by atoms with Gasteiger partial charge in [0.25, 0.3) is 0 Å². The van der Waals surface area contributed by atoms with Crippen LogP contribution in [0.1, 0.15) is 43.0 Å². The lowest BCUT2D eigenvalue weighted by atomic mass is 9.97. The molecule has 0 spiro atoms. The molecule has 1 atom stereocenters. The van der Waals surface area contributed by atoms with Crippen molar-refractivity contribution in [2.45, 2.75) is 33.2 Å². The van der Waals surface area contributed by atoms with Crippen molar-refractivity contribution in [1.82, 2.24) is 15.3 Å². The van der Waals surface area contributed by atoms with Gasteiger partial charge >= 0.3 is 0 Å². The second-order valence-corrected chi connectivity index (χ2v) is 5.03. The first-order valence-electron chi connectivity index (χ1n) is 7.47. The van der Waals surface area contributed by atoms with Crippen LogP contribution in [0.15, 0.2) is 36.9 Å². The van der Waals surface area contributed by atoms with E-state index in [4.69, 9.17) is 4.74 Å². The molecule has 0 radical (unpaired) electrons. The van der Waals surface area contributed by atoms with Gasteiger partial charge in [0.1, 0.15) is 5.75 Å². The van der Waals surface area contributed by atoms with Gasteiger partial charge in [0.05, 0.1) is 18.8 Å². The predicted octanol–water partition coefficient (Wildman–Crippen LogP) is 3.27. The molecule has 0 aliphatic carbocycles. The number of hydrogen-bond acceptors (Lipinski definition) is 4. The van der Waals surface area contributed by atoms with Gasteiger partial charge in [-0.15, -0.1) is 0 Å². The lowest BCUT2D eigenvalue weighted by molar-refractivity contribution is 0.315. The second-order valence-electron chi connectivity index (χ2n) is 5.03. The molecule has 1 N–H and O–H groups in total. The molecule has 1 unspecified atom stereocenters. The Balaban J connectivity index is 2.32. The third kappa shape index (κ3) is 4.02. The summed E-state index contributed by atoms with van der Waals surface area (Å²) in [5.41, 5.74) is 3.50. The SMILES string of the molecule is CCCOc1cncc(C(NCC)c2ccncc2C)c1. The van der Waals surface area contributed by atoms with Crippen molar-refractivity contribution in [3.05, 3.63) is 53.6 Å². The minimum absolute atomic E-state index is 0.107. The fourth-order valence-electron chi connectivity index (χ4n) is 2.31. The summed E-state index contributed by atoms with van der Waals surface area (Å²) < 4.78 is 5.69. The molecular formula is C17H23N3O. The maximum atomic E-state index is 5.69. The molecule has 2 heterocycles. The van der Waals surface area contributed by atoms with E-state index in [2.05, 4.69) is 48.2 Å². The van der Waals surface area contributed by atoms with Gasteiger partial charge in [-0.25, -0.2) is 0 Å². The van der Waals surface area contributed by atoms with E-state index in [1.54, 1.807) is 6.20 Å². The van der Waals surface area contributed by atoms with Gasteiger partial charge in [-0.3, -0.25) is 9.97 Å². The van der Waals surface area contributed by atoms with Crippen LogP contribution in [0.25, 0.3) is 0 Å². The number of hydrogen-bond donors (Lipinski definition) is 1. The van der Waals surface area contributed by atoms with E-state index < -0.39 is 0 Å². The van der Waals surface area contributed by atoms with Gasteiger partial charge in [-0.05, 0) is 48.7 Å². The zero-order valence-corrected chi connectivity index (χ0v) is 13.0. The smallest absolute Gasteiger partial charge is 0.137 e. The largest absolute Gasteiger partial charge is 0.492 e. The summed E-state index contributed by atoms with van der Waals surface area (Å²) in [7, 11) is 0. The number of nitrogens with zero attached hydrogens (tertiary/aromatic N) is 2. The molecule has 21 heavy (non-hydrogen) atoms. The monoisotopic (exact) mass is 285 g/mol. The molecule has 0 aliphatic heterocycles. The highest BCUT2D eigenvalue weighted by Crippen LogP contribution is 2.26. The van der Waals surface area contributed by atoms with Crippen molar-refractivity contribution < 1.29 is 4.74 Å². The van der Waals surface area contributed by atoms with Gasteiger partial charge < -0.3 is 10.1 Å². The molecule has 2 aromatic rings. The van der Waals surface area contributed by atoms with Crippen molar-refractivity contribution in [3.8, 4) is 5.75 Å². The molecule has 112 valence electrons. The zero-order chi connectivity index (χ0) is 15.1. The molecule has 0 aromatic carbocycles. The van der Waals surface area contributed by atoms with Gasteiger partial charge in [0.2, 0.25) is 0 Å². The molecule has 2 rings (SSSR count). The highest BCUT2D eigenvalue weighted by atomic mass is 16.5. The summed E-state index contributed by atoms with van der Waals surface area (Å²) in [6.45, 7) is 7.88. The quantitative estimate of drug-likeness (QED) is 0.848. The van der Waals surface area contributed by atoms with Crippen molar-refractivity contribution in [1.29, 1.82) is 0 Å². The van der Waals surface area contributed by atoms with Crippen molar-refractivity contribution in [2.75, 3.05) is 13.2 Å². The predicted molar refractivity (Wildman–Crippen MR) is 84.5 cm³/mol. The standard InChI is InChI=1S/C17H23N3O/c1-4-8-21-15-9-14(11-19-12-15)17(20-5-2)16-6-7-18-10-13(16)3/h6-7,9-12,17,20H,4-5,8H2,1-3H3. The molecule has 0 fully saturated rings. The van der Waals surface area contributed by atoms with Crippen LogP contribution in [0.5, 0.6) is 5.75 Å². The van der Waals surface area contributed by atoms with Crippen molar-refractivity contribution >= 4 is 0 Å². The number of ether oxygens (including phenoxy) is 1. The van der Waals surface area contributed by atoms with Crippen LogP contribution >= 0.6 is 0 Å². The maximum absolute atomic E-state index is 5.69. The summed E-state index contributed by atoms with van der Waals surface area (Å²) in [5.74, 6) is 0.823. The van der Waals surface area contributed by atoms with Crippen LogP contribution in [0.2, 0.25) is 0 Å². The average Bonchev–Trinajstić information content (AvgIpc) is 2.52. The van der Waals surface area contributed by atoms with Crippen molar-refractivity contribution in [2.24, 2.45) is 0 Å². The normalized spacial score (nSPS) is 12.1. The van der Waals surface area contributed by atoms with Gasteiger partial charge in [0.15, 0.2) is 0 Å². The van der Waals surface area contributed by atoms with E-state index in [-0.39, 0.29) is 6.04 Å². The zero-order valence-electron chi connectivity index (χ0n) is 13.0. The highest BCUT2D eigenvalue weighted by molar-refractivity contribution is 5.36. The Bertz CT molecular complexity index is 571. The van der Waals surface area contributed by atoms with Crippen LogP contribution < -0.4 is 10.1 Å². The highest BCUT2D eigenvalue weighted by Gasteiger charge is 2.16. The third-order valence-corrected chi connectivity index (χ3v) is 3.32. The van der Waals surface area contributed by atoms with Gasteiger partial charge in [-0.2, -0.15) is 0 Å². The third-order valence-electron chi connectivity index (χ3n) is 3.32. The summed E-state index contributed by atoms with van der Waals surface area (Å²) >= 11 is 0. The molecule has 4 heteroatoms. The molecule has 0 saturated heterocycles. The molecular weight excluding hydrogens is 262 g/mol. The topological polar surface area (TPSA) is 47.0 Å². The van der Waals surface area contributed by atoms with E-state index >= 15 is 0 Å². The van der Waals surface area contributed by atoms with Crippen LogP contribution in [-0.4, -0.2) is 23.1 Å². The van der Waals surface area contributed by atoms with Crippen LogP contribution in [-0.2, 0) is 0 Å². The van der Waals surface area contributed by atoms with E-state index in [0.29, 0.717) is 6.61 Å². The van der Waals surface area contributed by atoms with Crippen LogP contribution in [0, 0.1) is 6.92 Å². The molecule has 0 amide bonds. The van der Waals surface area contributed by atoms with Gasteiger partial charge in [-0.1, -0.05) is 13.8 Å². The Morgan fingerprint density at radius 3 is 2.76 bits per heavy atom. The Morgan fingerprint density at radius 1 is 1.19 bits per heavy atom. The Hall–Kier alpha value is -1.94. The van der Waals surface area contributed by atoms with E-state index in [0.717, 1.165) is 24.3 Å². The molecule has 4 nitrogen and oxygen atoms in total. The molecule has 0 saturated carbocycles. The van der Waals surface area contributed by atoms with Crippen molar-refractivity contribution in [3.63, 3.8) is 0 Å². The Kier molecular flexibility index (Phi) is 5.69. The number of rotatable bonds is 7. The van der Waals surface area contributed by atoms with Gasteiger partial charge in [0, 0.05) is 18.6 Å². The minimum atomic E-state index is 0.107. The molecule has 0 aliphatic rings. The number of aromatic nitrogens is 2. The number of nitrogens with one attached hydrogen (secondary N) is 1. The average molecular weight is 285 g/mol. The first kappa shape index (κ1) is 15.4. The fraction of sp³-hybridized carbons (Fsp3) is 0.412. The Morgan fingerprint density at radius 2 is 2.05 bits per heavy atom. The maximum Gasteiger partial charge on any atom is 0.137 e. The Labute approximate surface area is 126 Å². The first-order chi connectivity index (χ1) is 10.3. The van der Waals surface area contributed by atoms with E-state index in [1.807, 2.05) is 18.6 Å². The minimum Gasteiger partial charge on any atom is -0.492 e. The summed E-state index contributed by atoms with van der Waals surface area (Å²) in [5, 5.41) is 3.52. The molecule has 0 bridgehead atoms. The summed E-state index contributed by atoms with van der Waals surface area (Å²) in [4.78, 5) is 8.49. The number of pyridine rings is 2. The number of aryl methyl sites for hydroxylation is 1. The molecule has 2 aromatic heterocycles.